The molecule has 4 rings (SSSR count). The highest BCUT2D eigenvalue weighted by Crippen LogP contribution is 2.55. The summed E-state index contributed by atoms with van der Waals surface area (Å²) in [6.07, 6.45) is 1.71. The van der Waals surface area contributed by atoms with E-state index in [4.69, 9.17) is 4.74 Å². The Morgan fingerprint density at radius 2 is 1.81 bits per heavy atom. The Morgan fingerprint density at radius 3 is 2.47 bits per heavy atom. The molecule has 1 aromatic heterocycles. The van der Waals surface area contributed by atoms with Crippen LogP contribution >= 0.6 is 0 Å². The van der Waals surface area contributed by atoms with E-state index in [1.165, 1.54) is 6.20 Å². The van der Waals surface area contributed by atoms with E-state index in [-0.39, 0.29) is 24.3 Å². The second-order valence-corrected chi connectivity index (χ2v) is 7.84. The van der Waals surface area contributed by atoms with E-state index in [9.17, 15) is 22.4 Å². The van der Waals surface area contributed by atoms with E-state index >= 15 is 0 Å². The number of aromatic nitrogens is 2. The molecule has 1 saturated carbocycles. The summed E-state index contributed by atoms with van der Waals surface area (Å²) in [7, 11) is 0. The third-order valence-electron chi connectivity index (χ3n) is 5.56. The van der Waals surface area contributed by atoms with Crippen LogP contribution < -0.4 is 10.1 Å². The van der Waals surface area contributed by atoms with Gasteiger partial charge in [0.15, 0.2) is 5.75 Å². The van der Waals surface area contributed by atoms with Crippen molar-refractivity contribution in [3.63, 3.8) is 0 Å². The number of nitrogens with one attached hydrogen (secondary N) is 1. The number of rotatable bonds is 6. The molecule has 3 aromatic rings. The summed E-state index contributed by atoms with van der Waals surface area (Å²) in [6.45, 7) is 3.38. The second kappa shape index (κ2) is 8.22. The number of amides is 1. The third-order valence-corrected chi connectivity index (χ3v) is 5.56. The van der Waals surface area contributed by atoms with Gasteiger partial charge in [-0.15, -0.1) is 0 Å². The maximum atomic E-state index is 14.0. The van der Waals surface area contributed by atoms with Crippen molar-refractivity contribution < 1.29 is 27.1 Å². The van der Waals surface area contributed by atoms with Gasteiger partial charge in [-0.05, 0) is 50.1 Å². The zero-order valence-corrected chi connectivity index (χ0v) is 17.3. The van der Waals surface area contributed by atoms with E-state index in [1.54, 1.807) is 13.8 Å². The Hall–Kier alpha value is -3.49. The number of halogens is 4. The molecule has 1 heterocycles. The zero-order chi connectivity index (χ0) is 23.0. The Morgan fingerprint density at radius 1 is 1.09 bits per heavy atom. The SMILES string of the molecule is Cc1ncc(OCC2(c3cc(F)cc(F)c3)CC2C(=O)Nc2ccc(F)cc2F)c(C)n1. The third kappa shape index (κ3) is 4.28. The van der Waals surface area contributed by atoms with Gasteiger partial charge in [-0.3, -0.25) is 4.79 Å². The number of hydrogen-bond acceptors (Lipinski definition) is 4. The van der Waals surface area contributed by atoms with Crippen LogP contribution in [-0.2, 0) is 10.2 Å². The van der Waals surface area contributed by atoms with Crippen molar-refractivity contribution >= 4 is 11.6 Å². The van der Waals surface area contributed by atoms with Gasteiger partial charge >= 0.3 is 0 Å². The van der Waals surface area contributed by atoms with Crippen molar-refractivity contribution in [3.05, 3.63) is 82.9 Å². The van der Waals surface area contributed by atoms with E-state index in [0.29, 0.717) is 23.3 Å². The Bertz CT molecular complexity index is 1180. The van der Waals surface area contributed by atoms with Crippen molar-refractivity contribution in [2.45, 2.75) is 25.7 Å². The van der Waals surface area contributed by atoms with Crippen LogP contribution in [0.5, 0.6) is 5.75 Å². The van der Waals surface area contributed by atoms with Crippen LogP contribution in [0.3, 0.4) is 0 Å². The molecule has 0 spiro atoms. The van der Waals surface area contributed by atoms with Crippen LogP contribution in [0.2, 0.25) is 0 Å². The quantitative estimate of drug-likeness (QED) is 0.563. The lowest BCUT2D eigenvalue weighted by Crippen LogP contribution is -2.27. The van der Waals surface area contributed by atoms with E-state index in [0.717, 1.165) is 30.3 Å². The van der Waals surface area contributed by atoms with Crippen LogP contribution in [0.15, 0.2) is 42.6 Å². The number of hydrogen-bond donors (Lipinski definition) is 1. The van der Waals surface area contributed by atoms with E-state index in [2.05, 4.69) is 15.3 Å². The highest BCUT2D eigenvalue weighted by Gasteiger charge is 2.60. The fraction of sp³-hybridized carbons (Fsp3) is 0.261. The molecule has 0 radical (unpaired) electrons. The zero-order valence-electron chi connectivity index (χ0n) is 17.3. The van der Waals surface area contributed by atoms with Crippen LogP contribution in [0.25, 0.3) is 0 Å². The fourth-order valence-electron chi connectivity index (χ4n) is 3.78. The topological polar surface area (TPSA) is 64.1 Å². The molecule has 1 aliphatic carbocycles. The summed E-state index contributed by atoms with van der Waals surface area (Å²) >= 11 is 0. The van der Waals surface area contributed by atoms with Gasteiger partial charge in [0, 0.05) is 17.5 Å². The molecule has 5 nitrogen and oxygen atoms in total. The van der Waals surface area contributed by atoms with E-state index < -0.39 is 40.5 Å². The first-order valence-electron chi connectivity index (χ1n) is 9.83. The van der Waals surface area contributed by atoms with Gasteiger partial charge in [0.2, 0.25) is 5.91 Å². The lowest BCUT2D eigenvalue weighted by molar-refractivity contribution is -0.117. The van der Waals surface area contributed by atoms with Gasteiger partial charge < -0.3 is 10.1 Å². The minimum atomic E-state index is -1.04. The molecule has 166 valence electrons. The summed E-state index contributed by atoms with van der Waals surface area (Å²) in [5.41, 5.74) is -0.402. The molecule has 2 aromatic carbocycles. The average molecular weight is 445 g/mol. The molecular weight excluding hydrogens is 426 g/mol. The van der Waals surface area contributed by atoms with Crippen LogP contribution in [0, 0.1) is 43.0 Å². The van der Waals surface area contributed by atoms with Crippen LogP contribution in [-0.4, -0.2) is 22.5 Å². The van der Waals surface area contributed by atoms with Crippen molar-refractivity contribution in [1.29, 1.82) is 0 Å². The molecule has 1 N–H and O–H groups in total. The van der Waals surface area contributed by atoms with Gasteiger partial charge in [0.05, 0.1) is 30.1 Å². The van der Waals surface area contributed by atoms with E-state index in [1.807, 2.05) is 0 Å². The van der Waals surface area contributed by atoms with Crippen molar-refractivity contribution in [2.24, 2.45) is 5.92 Å². The van der Waals surface area contributed by atoms with Crippen LogP contribution in [0.1, 0.15) is 23.5 Å². The fourth-order valence-corrected chi connectivity index (χ4v) is 3.78. The van der Waals surface area contributed by atoms with Gasteiger partial charge in [-0.2, -0.15) is 0 Å². The Balaban J connectivity index is 1.61. The molecule has 9 heteroatoms. The molecule has 2 unspecified atom stereocenters. The first kappa shape index (κ1) is 21.7. The summed E-state index contributed by atoms with van der Waals surface area (Å²) in [5.74, 6) is -3.66. The molecule has 1 aliphatic rings. The van der Waals surface area contributed by atoms with Gasteiger partial charge in [0.1, 0.15) is 29.1 Å². The Labute approximate surface area is 181 Å². The summed E-state index contributed by atoms with van der Waals surface area (Å²) in [6, 6.07) is 5.82. The minimum absolute atomic E-state index is 0.0762. The number of aryl methyl sites for hydroxylation is 2. The lowest BCUT2D eigenvalue weighted by Gasteiger charge is -2.20. The maximum Gasteiger partial charge on any atom is 0.228 e. The predicted octanol–water partition coefficient (Wildman–Crippen LogP) is 4.63. The van der Waals surface area contributed by atoms with Gasteiger partial charge in [0.25, 0.3) is 0 Å². The lowest BCUT2D eigenvalue weighted by atomic mass is 9.93. The Kier molecular flexibility index (Phi) is 5.58. The number of anilines is 1. The smallest absolute Gasteiger partial charge is 0.228 e. The average Bonchev–Trinajstić information content (AvgIpc) is 3.45. The molecule has 0 saturated heterocycles. The molecule has 1 fully saturated rings. The summed E-state index contributed by atoms with van der Waals surface area (Å²) < 4.78 is 60.8. The predicted molar refractivity (Wildman–Crippen MR) is 108 cm³/mol. The highest BCUT2D eigenvalue weighted by atomic mass is 19.1. The molecule has 32 heavy (non-hydrogen) atoms. The number of benzene rings is 2. The summed E-state index contributed by atoms with van der Waals surface area (Å²) in [5, 5.41) is 2.42. The number of carbonyl (C=O) groups is 1. The first-order valence-corrected chi connectivity index (χ1v) is 9.83. The number of ether oxygens (including phenoxy) is 1. The largest absolute Gasteiger partial charge is 0.489 e. The van der Waals surface area contributed by atoms with Crippen molar-refractivity contribution in [2.75, 3.05) is 11.9 Å². The number of carbonyl (C=O) groups excluding carboxylic acids is 1. The van der Waals surface area contributed by atoms with Crippen molar-refractivity contribution in [3.8, 4) is 5.75 Å². The van der Waals surface area contributed by atoms with Crippen LogP contribution in [0.4, 0.5) is 23.2 Å². The maximum absolute atomic E-state index is 14.0. The van der Waals surface area contributed by atoms with Crippen molar-refractivity contribution in [1.82, 2.24) is 9.97 Å². The normalized spacial score (nSPS) is 19.5. The molecular formula is C23H19F4N3O2. The minimum Gasteiger partial charge on any atom is -0.489 e. The second-order valence-electron chi connectivity index (χ2n) is 7.84. The monoisotopic (exact) mass is 445 g/mol. The highest BCUT2D eigenvalue weighted by molar-refractivity contribution is 5.96. The number of nitrogens with zero attached hydrogens (tertiary/aromatic N) is 2. The standard InChI is InChI=1S/C23H19F4N3O2/c1-12-21(10-28-13(2)29-12)32-11-23(14-5-16(25)7-17(26)6-14)9-18(23)22(31)30-20-4-3-15(24)8-19(20)27/h3-8,10,18H,9,11H2,1-2H3,(H,30,31). The van der Waals surface area contributed by atoms with Gasteiger partial charge in [-0.1, -0.05) is 0 Å². The first-order chi connectivity index (χ1) is 15.2. The molecule has 2 atom stereocenters. The molecule has 1 amide bonds. The summed E-state index contributed by atoms with van der Waals surface area (Å²) in [4.78, 5) is 21.2. The molecule has 0 aliphatic heterocycles. The van der Waals surface area contributed by atoms with Gasteiger partial charge in [-0.25, -0.2) is 27.5 Å². The molecule has 0 bridgehead atoms.